The summed E-state index contributed by atoms with van der Waals surface area (Å²) in [4.78, 5) is 0. The van der Waals surface area contributed by atoms with Gasteiger partial charge in [0.2, 0.25) is 0 Å². The van der Waals surface area contributed by atoms with E-state index in [4.69, 9.17) is 9.47 Å². The number of rotatable bonds is 2. The van der Waals surface area contributed by atoms with Crippen LogP contribution in [-0.4, -0.2) is 30.5 Å². The maximum atomic E-state index is 10.9. The minimum atomic E-state index is -0.396. The van der Waals surface area contributed by atoms with Crippen LogP contribution < -0.4 is 0 Å². The molecule has 2 heterocycles. The normalized spacial score (nSPS) is 30.8. The highest BCUT2D eigenvalue weighted by molar-refractivity contribution is 5.39. The second-order valence-corrected chi connectivity index (χ2v) is 6.84. The maximum absolute atomic E-state index is 10.9. The van der Waals surface area contributed by atoms with Gasteiger partial charge in [-0.05, 0) is 56.2 Å². The van der Waals surface area contributed by atoms with Crippen LogP contribution in [0.3, 0.4) is 0 Å². The van der Waals surface area contributed by atoms with E-state index in [1.807, 2.05) is 0 Å². The summed E-state index contributed by atoms with van der Waals surface area (Å²) in [6.45, 7) is 8.51. The Morgan fingerprint density at radius 3 is 2.52 bits per heavy atom. The molecular weight excluding hydrogens is 264 g/mol. The van der Waals surface area contributed by atoms with E-state index < -0.39 is 6.10 Å². The van der Waals surface area contributed by atoms with Gasteiger partial charge in [-0.25, -0.2) is 0 Å². The van der Waals surface area contributed by atoms with Gasteiger partial charge in [0.25, 0.3) is 0 Å². The van der Waals surface area contributed by atoms with Crippen molar-refractivity contribution in [3.8, 4) is 0 Å². The zero-order chi connectivity index (χ0) is 15.0. The smallest absolute Gasteiger partial charge is 0.0940 e. The van der Waals surface area contributed by atoms with Gasteiger partial charge in [0.15, 0.2) is 0 Å². The van der Waals surface area contributed by atoms with E-state index in [0.717, 1.165) is 38.0 Å². The summed E-state index contributed by atoms with van der Waals surface area (Å²) < 4.78 is 11.5. The molecule has 1 aromatic rings. The Kier molecular flexibility index (Phi) is 4.08. The lowest BCUT2D eigenvalue weighted by molar-refractivity contribution is -0.117. The van der Waals surface area contributed by atoms with Crippen molar-refractivity contribution in [1.82, 2.24) is 0 Å². The molecule has 0 saturated carbocycles. The molecule has 0 amide bonds. The lowest BCUT2D eigenvalue weighted by Crippen LogP contribution is -2.42. The SMILES string of the molecule is Cc1cc(C)c(C(O)C2CCOC3(CCOC3)C2)c(C)c1. The minimum Gasteiger partial charge on any atom is -0.388 e. The van der Waals surface area contributed by atoms with E-state index in [2.05, 4.69) is 32.9 Å². The van der Waals surface area contributed by atoms with Gasteiger partial charge in [0.05, 0.1) is 18.3 Å². The molecule has 0 bridgehead atoms. The molecule has 3 heteroatoms. The van der Waals surface area contributed by atoms with Crippen molar-refractivity contribution < 1.29 is 14.6 Å². The number of ether oxygens (including phenoxy) is 2. The molecule has 1 N–H and O–H groups in total. The van der Waals surface area contributed by atoms with E-state index in [0.29, 0.717) is 6.61 Å². The first kappa shape index (κ1) is 15.0. The van der Waals surface area contributed by atoms with E-state index >= 15 is 0 Å². The highest BCUT2D eigenvalue weighted by atomic mass is 16.6. The Balaban J connectivity index is 1.83. The molecule has 2 saturated heterocycles. The van der Waals surface area contributed by atoms with Crippen LogP contribution in [0.2, 0.25) is 0 Å². The van der Waals surface area contributed by atoms with Crippen LogP contribution in [0.25, 0.3) is 0 Å². The Labute approximate surface area is 127 Å². The number of aryl methyl sites for hydroxylation is 3. The summed E-state index contributed by atoms with van der Waals surface area (Å²) in [6.07, 6.45) is 2.39. The summed E-state index contributed by atoms with van der Waals surface area (Å²) in [7, 11) is 0. The van der Waals surface area contributed by atoms with Crippen LogP contribution >= 0.6 is 0 Å². The molecular formula is C18H26O3. The topological polar surface area (TPSA) is 38.7 Å². The number of aliphatic hydroxyl groups excluding tert-OH is 1. The summed E-state index contributed by atoms with van der Waals surface area (Å²) >= 11 is 0. The molecule has 3 unspecified atom stereocenters. The number of benzene rings is 1. The fraction of sp³-hybridized carbons (Fsp3) is 0.667. The highest BCUT2D eigenvalue weighted by Gasteiger charge is 2.43. The second-order valence-electron chi connectivity index (χ2n) is 6.84. The van der Waals surface area contributed by atoms with Gasteiger partial charge in [0.1, 0.15) is 0 Å². The molecule has 0 aliphatic carbocycles. The van der Waals surface area contributed by atoms with Crippen molar-refractivity contribution >= 4 is 0 Å². The average Bonchev–Trinajstić information content (AvgIpc) is 2.85. The molecule has 2 aliphatic rings. The highest BCUT2D eigenvalue weighted by Crippen LogP contribution is 2.42. The Morgan fingerprint density at radius 1 is 1.19 bits per heavy atom. The van der Waals surface area contributed by atoms with Crippen molar-refractivity contribution in [3.63, 3.8) is 0 Å². The zero-order valence-corrected chi connectivity index (χ0v) is 13.3. The molecule has 3 nitrogen and oxygen atoms in total. The summed E-state index contributed by atoms with van der Waals surface area (Å²) in [6, 6.07) is 4.33. The van der Waals surface area contributed by atoms with Crippen molar-refractivity contribution in [3.05, 3.63) is 34.4 Å². The quantitative estimate of drug-likeness (QED) is 0.909. The lowest BCUT2D eigenvalue weighted by Gasteiger charge is -2.39. The van der Waals surface area contributed by atoms with E-state index in [1.165, 1.54) is 16.7 Å². The fourth-order valence-corrected chi connectivity index (χ4v) is 4.09. The van der Waals surface area contributed by atoms with Gasteiger partial charge >= 0.3 is 0 Å². The van der Waals surface area contributed by atoms with Gasteiger partial charge in [-0.1, -0.05) is 17.7 Å². The standard InChI is InChI=1S/C18H26O3/c1-12-8-13(2)16(14(3)9-12)17(19)15-4-6-21-18(10-15)5-7-20-11-18/h8-9,15,17,19H,4-7,10-11H2,1-3H3. The monoisotopic (exact) mass is 290 g/mol. The molecule has 116 valence electrons. The Hall–Kier alpha value is -0.900. The third kappa shape index (κ3) is 2.87. The van der Waals surface area contributed by atoms with Crippen LogP contribution in [0.4, 0.5) is 0 Å². The number of aliphatic hydroxyl groups is 1. The minimum absolute atomic E-state index is 0.142. The van der Waals surface area contributed by atoms with Crippen molar-refractivity contribution in [2.45, 2.75) is 51.7 Å². The first-order valence-corrected chi connectivity index (χ1v) is 7.98. The predicted octanol–water partition coefficient (Wildman–Crippen LogP) is 3.23. The molecule has 0 radical (unpaired) electrons. The summed E-state index contributed by atoms with van der Waals surface area (Å²) in [5, 5.41) is 10.9. The summed E-state index contributed by atoms with van der Waals surface area (Å²) in [5.41, 5.74) is 4.62. The molecule has 3 atom stereocenters. The molecule has 3 rings (SSSR count). The third-order valence-electron chi connectivity index (χ3n) is 5.08. The molecule has 1 spiro atoms. The molecule has 0 aromatic heterocycles. The van der Waals surface area contributed by atoms with Crippen LogP contribution in [-0.2, 0) is 9.47 Å². The van der Waals surface area contributed by atoms with Gasteiger partial charge in [-0.15, -0.1) is 0 Å². The molecule has 2 aliphatic heterocycles. The Bertz CT molecular complexity index is 494. The van der Waals surface area contributed by atoms with Gasteiger partial charge in [-0.2, -0.15) is 0 Å². The van der Waals surface area contributed by atoms with Crippen LogP contribution in [0, 0.1) is 26.7 Å². The van der Waals surface area contributed by atoms with Crippen LogP contribution in [0.5, 0.6) is 0 Å². The molecule has 2 fully saturated rings. The lowest BCUT2D eigenvalue weighted by atomic mass is 9.78. The number of hydrogen-bond acceptors (Lipinski definition) is 3. The van der Waals surface area contributed by atoms with Gasteiger partial charge in [0, 0.05) is 19.6 Å². The van der Waals surface area contributed by atoms with Crippen LogP contribution in [0.15, 0.2) is 12.1 Å². The van der Waals surface area contributed by atoms with Gasteiger partial charge in [-0.3, -0.25) is 0 Å². The zero-order valence-electron chi connectivity index (χ0n) is 13.3. The average molecular weight is 290 g/mol. The third-order valence-corrected chi connectivity index (χ3v) is 5.08. The van der Waals surface area contributed by atoms with Crippen molar-refractivity contribution in [2.24, 2.45) is 5.92 Å². The summed E-state index contributed by atoms with van der Waals surface area (Å²) in [5.74, 6) is 0.264. The van der Waals surface area contributed by atoms with Crippen LogP contribution in [0.1, 0.15) is 47.6 Å². The van der Waals surface area contributed by atoms with Crippen molar-refractivity contribution in [2.75, 3.05) is 19.8 Å². The van der Waals surface area contributed by atoms with Gasteiger partial charge < -0.3 is 14.6 Å². The molecule has 21 heavy (non-hydrogen) atoms. The van der Waals surface area contributed by atoms with Crippen molar-refractivity contribution in [1.29, 1.82) is 0 Å². The predicted molar refractivity (Wildman–Crippen MR) is 82.5 cm³/mol. The van der Waals surface area contributed by atoms with E-state index in [-0.39, 0.29) is 11.5 Å². The first-order valence-electron chi connectivity index (χ1n) is 7.98. The first-order chi connectivity index (χ1) is 10.0. The second kappa shape index (κ2) is 5.71. The Morgan fingerprint density at radius 2 is 1.90 bits per heavy atom. The fourth-order valence-electron chi connectivity index (χ4n) is 4.09. The van der Waals surface area contributed by atoms with E-state index in [9.17, 15) is 5.11 Å². The largest absolute Gasteiger partial charge is 0.388 e. The molecule has 1 aromatic carbocycles. The van der Waals surface area contributed by atoms with E-state index in [1.54, 1.807) is 0 Å². The maximum Gasteiger partial charge on any atom is 0.0940 e. The number of hydrogen-bond donors (Lipinski definition) is 1.